The molecule has 2 rings (SSSR count). The van der Waals surface area contributed by atoms with Crippen molar-refractivity contribution in [3.63, 3.8) is 0 Å². The first-order chi connectivity index (χ1) is 19.6. The number of hydroxylamine groups is 2. The minimum absolute atomic E-state index is 0.0694. The van der Waals surface area contributed by atoms with E-state index in [1.807, 2.05) is 60.7 Å². The van der Waals surface area contributed by atoms with Crippen molar-refractivity contribution in [2.75, 3.05) is 20.1 Å². The van der Waals surface area contributed by atoms with Crippen LogP contribution in [-0.4, -0.2) is 48.7 Å². The van der Waals surface area contributed by atoms with Crippen LogP contribution >= 0.6 is 7.60 Å². The molecule has 0 aliphatic heterocycles. The number of rotatable bonds is 15. The number of nitrogens with zero attached hydrogens (tertiary/aromatic N) is 1. The molecule has 0 aliphatic rings. The fourth-order valence-corrected chi connectivity index (χ4v) is 5.31. The number of hydrogen-bond donors (Lipinski definition) is 0. The third kappa shape index (κ3) is 12.1. The van der Waals surface area contributed by atoms with Crippen LogP contribution in [0.25, 0.3) is 0 Å². The number of carbonyl (C=O) groups excluding carboxylic acids is 3. The van der Waals surface area contributed by atoms with Crippen LogP contribution in [0, 0.1) is 10.8 Å². The average molecular weight is 606 g/mol. The molecule has 1 unspecified atom stereocenters. The molecule has 2 aromatic carbocycles. The van der Waals surface area contributed by atoms with Gasteiger partial charge in [0.25, 0.3) is 0 Å². The quantitative estimate of drug-likeness (QED) is 0.0999. The molecule has 0 N–H and O–H groups in total. The topological polar surface area (TPSA) is 118 Å². The molecule has 2 aromatic rings. The van der Waals surface area contributed by atoms with Gasteiger partial charge in [0.2, 0.25) is 19.5 Å². The molecule has 0 saturated heterocycles. The van der Waals surface area contributed by atoms with Crippen molar-refractivity contribution < 1.29 is 42.3 Å². The van der Waals surface area contributed by atoms with Gasteiger partial charge >= 0.3 is 19.5 Å². The van der Waals surface area contributed by atoms with E-state index in [0.717, 1.165) is 11.1 Å². The summed E-state index contributed by atoms with van der Waals surface area (Å²) < 4.78 is 36.2. The maximum atomic E-state index is 14.4. The zero-order valence-electron chi connectivity index (χ0n) is 25.7. The standard InChI is InChI=1S/C31H44NO9P/c1-24(33)32(39-21-26-16-12-9-13-17-26)19-18-27(20-25-14-10-8-11-15-25)42(36,40-22-37-28(34)30(2,3)4)41-23-38-29(35)31(5,6)7/h8-17,27H,18-23H2,1-7H3. The highest BCUT2D eigenvalue weighted by Gasteiger charge is 2.38. The van der Waals surface area contributed by atoms with Gasteiger partial charge in [-0.05, 0) is 65.5 Å². The largest absolute Gasteiger partial charge is 0.438 e. The van der Waals surface area contributed by atoms with Crippen LogP contribution in [0.5, 0.6) is 0 Å². The van der Waals surface area contributed by atoms with Gasteiger partial charge in [-0.2, -0.15) is 0 Å². The molecule has 0 fully saturated rings. The Balaban J connectivity index is 2.29. The van der Waals surface area contributed by atoms with E-state index in [-0.39, 0.29) is 31.9 Å². The third-order valence-electron chi connectivity index (χ3n) is 6.08. The average Bonchev–Trinajstić information content (AvgIpc) is 2.92. The molecule has 0 saturated carbocycles. The van der Waals surface area contributed by atoms with E-state index in [1.54, 1.807) is 41.5 Å². The van der Waals surface area contributed by atoms with Gasteiger partial charge in [0.15, 0.2) is 0 Å². The first-order valence-electron chi connectivity index (χ1n) is 13.8. The van der Waals surface area contributed by atoms with Crippen molar-refractivity contribution in [2.24, 2.45) is 10.8 Å². The van der Waals surface area contributed by atoms with Crippen LogP contribution in [0.2, 0.25) is 0 Å². The van der Waals surface area contributed by atoms with Gasteiger partial charge in [-0.3, -0.25) is 32.8 Å². The van der Waals surface area contributed by atoms with Gasteiger partial charge < -0.3 is 9.47 Å². The number of ether oxygens (including phenoxy) is 2. The summed E-state index contributed by atoms with van der Waals surface area (Å²) in [5, 5.41) is 1.20. The number of esters is 2. The predicted molar refractivity (Wildman–Crippen MR) is 158 cm³/mol. The minimum atomic E-state index is -4.12. The molecule has 0 aromatic heterocycles. The van der Waals surface area contributed by atoms with Crippen molar-refractivity contribution in [3.05, 3.63) is 71.8 Å². The van der Waals surface area contributed by atoms with Gasteiger partial charge in [0, 0.05) is 13.5 Å². The third-order valence-corrected chi connectivity index (χ3v) is 8.34. The van der Waals surface area contributed by atoms with E-state index in [1.165, 1.54) is 12.0 Å². The van der Waals surface area contributed by atoms with Gasteiger partial charge in [0.05, 0.1) is 16.5 Å². The molecule has 232 valence electrons. The second-order valence-corrected chi connectivity index (χ2v) is 14.2. The molecule has 10 nitrogen and oxygen atoms in total. The summed E-state index contributed by atoms with van der Waals surface area (Å²) in [6.45, 7) is 10.4. The van der Waals surface area contributed by atoms with E-state index in [2.05, 4.69) is 0 Å². The van der Waals surface area contributed by atoms with Gasteiger partial charge in [-0.25, -0.2) is 5.06 Å². The summed E-state index contributed by atoms with van der Waals surface area (Å²) >= 11 is 0. The lowest BCUT2D eigenvalue weighted by Gasteiger charge is -2.29. The van der Waals surface area contributed by atoms with Crippen LogP contribution in [0.3, 0.4) is 0 Å². The SMILES string of the molecule is CC(=O)N(CCC(Cc1ccccc1)P(=O)(OCOC(=O)C(C)(C)C)OCOC(=O)C(C)(C)C)OCc1ccccc1. The Hall–Kier alpha value is -3.04. The fraction of sp³-hybridized carbons (Fsp3) is 0.516. The minimum Gasteiger partial charge on any atom is -0.438 e. The van der Waals surface area contributed by atoms with Crippen molar-refractivity contribution in [2.45, 2.75) is 73.6 Å². The lowest BCUT2D eigenvalue weighted by Crippen LogP contribution is -2.33. The van der Waals surface area contributed by atoms with Gasteiger partial charge in [0.1, 0.15) is 6.61 Å². The maximum absolute atomic E-state index is 14.4. The highest BCUT2D eigenvalue weighted by molar-refractivity contribution is 7.54. The highest BCUT2D eigenvalue weighted by Crippen LogP contribution is 2.55. The molecule has 1 amide bonds. The van der Waals surface area contributed by atoms with Crippen LogP contribution in [0.15, 0.2) is 60.7 Å². The van der Waals surface area contributed by atoms with E-state index < -0.39 is 49.6 Å². The Morgan fingerprint density at radius 2 is 1.21 bits per heavy atom. The molecule has 42 heavy (non-hydrogen) atoms. The first kappa shape index (κ1) is 35.2. The van der Waals surface area contributed by atoms with Crippen molar-refractivity contribution in [3.8, 4) is 0 Å². The van der Waals surface area contributed by atoms with Crippen molar-refractivity contribution in [1.29, 1.82) is 0 Å². The Labute approximate surface area is 249 Å². The zero-order valence-corrected chi connectivity index (χ0v) is 26.6. The van der Waals surface area contributed by atoms with Gasteiger partial charge in [-0.15, -0.1) is 0 Å². The van der Waals surface area contributed by atoms with E-state index in [4.69, 9.17) is 23.4 Å². The molecule has 0 heterocycles. The summed E-state index contributed by atoms with van der Waals surface area (Å²) in [6.07, 6.45) is 0.379. The fourth-order valence-electron chi connectivity index (χ4n) is 3.55. The normalized spacial score (nSPS) is 12.8. The van der Waals surface area contributed by atoms with E-state index in [0.29, 0.717) is 0 Å². The molecule has 0 bridgehead atoms. The van der Waals surface area contributed by atoms with Crippen molar-refractivity contribution >= 4 is 25.4 Å². The Morgan fingerprint density at radius 3 is 1.64 bits per heavy atom. The second-order valence-electron chi connectivity index (χ2n) is 11.9. The lowest BCUT2D eigenvalue weighted by molar-refractivity contribution is -0.189. The number of benzene rings is 2. The Kier molecular flexibility index (Phi) is 13.4. The predicted octanol–water partition coefficient (Wildman–Crippen LogP) is 6.29. The molecule has 11 heteroatoms. The van der Waals surface area contributed by atoms with E-state index >= 15 is 0 Å². The molecular formula is C31H44NO9P. The number of hydrogen-bond acceptors (Lipinski definition) is 9. The van der Waals surface area contributed by atoms with Crippen molar-refractivity contribution in [1.82, 2.24) is 5.06 Å². The number of carbonyl (C=O) groups is 3. The smallest absolute Gasteiger partial charge is 0.339 e. The summed E-state index contributed by atoms with van der Waals surface area (Å²) in [5.41, 5.74) is -0.712. The summed E-state index contributed by atoms with van der Waals surface area (Å²) in [7, 11) is -4.12. The summed E-state index contributed by atoms with van der Waals surface area (Å²) in [4.78, 5) is 42.9. The monoisotopic (exact) mass is 605 g/mol. The van der Waals surface area contributed by atoms with Crippen LogP contribution in [0.4, 0.5) is 0 Å². The Morgan fingerprint density at radius 1 is 0.762 bits per heavy atom. The summed E-state index contributed by atoms with van der Waals surface area (Å²) in [5.74, 6) is -1.44. The maximum Gasteiger partial charge on any atom is 0.339 e. The molecule has 0 radical (unpaired) electrons. The summed E-state index contributed by atoms with van der Waals surface area (Å²) in [6, 6.07) is 18.7. The number of amides is 1. The van der Waals surface area contributed by atoms with Gasteiger partial charge in [-0.1, -0.05) is 60.7 Å². The lowest BCUT2D eigenvalue weighted by atomic mass is 9.98. The van der Waals surface area contributed by atoms with Crippen LogP contribution in [0.1, 0.15) is 66.0 Å². The van der Waals surface area contributed by atoms with E-state index in [9.17, 15) is 18.9 Å². The Bertz CT molecular complexity index is 1150. The molecule has 0 spiro atoms. The van der Waals surface area contributed by atoms with Crippen LogP contribution < -0.4 is 0 Å². The van der Waals surface area contributed by atoms with Crippen LogP contribution in [-0.2, 0) is 55.3 Å². The molecule has 1 atom stereocenters. The molecule has 0 aliphatic carbocycles. The second kappa shape index (κ2) is 16.0. The first-order valence-corrected chi connectivity index (χ1v) is 15.4. The highest BCUT2D eigenvalue weighted by atomic mass is 31.2. The molecular weight excluding hydrogens is 561 g/mol. The zero-order chi connectivity index (χ0) is 31.4.